The molecule has 4 nitrogen and oxygen atoms in total. The van der Waals surface area contributed by atoms with Crippen LogP contribution in [0.25, 0.3) is 11.1 Å². The van der Waals surface area contributed by atoms with E-state index in [-0.39, 0.29) is 0 Å². The lowest BCUT2D eigenvalue weighted by Crippen LogP contribution is -2.38. The highest BCUT2D eigenvalue weighted by Crippen LogP contribution is 2.40. The molecule has 0 fully saturated rings. The van der Waals surface area contributed by atoms with Crippen molar-refractivity contribution in [2.45, 2.75) is 25.5 Å². The van der Waals surface area contributed by atoms with Gasteiger partial charge in [-0.2, -0.15) is 4.98 Å². The Kier molecular flexibility index (Phi) is 7.23. The molecule has 1 aromatic heterocycles. The van der Waals surface area contributed by atoms with E-state index in [4.69, 9.17) is 9.84 Å². The fraction of sp³-hybridized carbons (Fsp3) is 0.111. The highest BCUT2D eigenvalue weighted by atomic mass is 16.5. The van der Waals surface area contributed by atoms with Crippen molar-refractivity contribution in [3.8, 4) is 17.1 Å². The van der Waals surface area contributed by atoms with E-state index in [1.807, 2.05) is 22.9 Å². The second kappa shape index (κ2) is 11.4. The first-order valence-electron chi connectivity index (χ1n) is 13.7. The summed E-state index contributed by atoms with van der Waals surface area (Å²) >= 11 is 0. The van der Waals surface area contributed by atoms with Gasteiger partial charge in [-0.25, -0.2) is 4.68 Å². The van der Waals surface area contributed by atoms with Gasteiger partial charge in [-0.1, -0.05) is 140 Å². The Labute approximate surface area is 235 Å². The van der Waals surface area contributed by atoms with Gasteiger partial charge in [-0.05, 0) is 51.4 Å². The molecule has 0 bridgehead atoms. The molecule has 0 saturated heterocycles. The predicted octanol–water partition coefficient (Wildman–Crippen LogP) is 7.93. The molecule has 0 radical (unpaired) electrons. The van der Waals surface area contributed by atoms with Crippen molar-refractivity contribution >= 4 is 0 Å². The number of rotatable bonds is 9. The molecule has 0 spiro atoms. The SMILES string of the molecule is CCc1cccc(-c2cccc(COc3ncn(C(c4ccccc4)(c4ccccc4)c4ccccc4)n3)c2)c1. The number of ether oxygens (including phenoxy) is 1. The average Bonchev–Trinajstić information content (AvgIpc) is 3.51. The molecule has 0 saturated carbocycles. The summed E-state index contributed by atoms with van der Waals surface area (Å²) in [7, 11) is 0. The lowest BCUT2D eigenvalue weighted by molar-refractivity contribution is 0.276. The second-order valence-corrected chi connectivity index (χ2v) is 9.82. The number of hydrogen-bond donors (Lipinski definition) is 0. The lowest BCUT2D eigenvalue weighted by Gasteiger charge is -2.35. The Balaban J connectivity index is 1.35. The van der Waals surface area contributed by atoms with Gasteiger partial charge in [0.15, 0.2) is 0 Å². The molecular formula is C36H31N3O. The van der Waals surface area contributed by atoms with E-state index in [0.717, 1.165) is 28.7 Å². The van der Waals surface area contributed by atoms with E-state index in [1.165, 1.54) is 16.7 Å². The minimum Gasteiger partial charge on any atom is -0.458 e. The molecule has 0 atom stereocenters. The van der Waals surface area contributed by atoms with Crippen LogP contribution in [0.5, 0.6) is 6.01 Å². The molecule has 0 unspecified atom stereocenters. The van der Waals surface area contributed by atoms with Crippen molar-refractivity contribution in [2.75, 3.05) is 0 Å². The maximum atomic E-state index is 6.17. The first-order chi connectivity index (χ1) is 19.8. The van der Waals surface area contributed by atoms with Crippen LogP contribution < -0.4 is 4.74 Å². The minimum absolute atomic E-state index is 0.338. The number of aromatic nitrogens is 3. The van der Waals surface area contributed by atoms with E-state index < -0.39 is 5.54 Å². The zero-order valence-electron chi connectivity index (χ0n) is 22.5. The molecule has 4 heteroatoms. The molecule has 0 aliphatic heterocycles. The third-order valence-corrected chi connectivity index (χ3v) is 7.35. The van der Waals surface area contributed by atoms with Gasteiger partial charge in [-0.3, -0.25) is 0 Å². The molecule has 6 rings (SSSR count). The van der Waals surface area contributed by atoms with Gasteiger partial charge in [-0.15, -0.1) is 5.10 Å². The van der Waals surface area contributed by atoms with Crippen molar-refractivity contribution in [1.29, 1.82) is 0 Å². The van der Waals surface area contributed by atoms with Crippen LogP contribution in [-0.2, 0) is 18.6 Å². The van der Waals surface area contributed by atoms with Crippen LogP contribution in [0.4, 0.5) is 0 Å². The average molecular weight is 522 g/mol. The van der Waals surface area contributed by atoms with Crippen molar-refractivity contribution in [1.82, 2.24) is 14.8 Å². The second-order valence-electron chi connectivity index (χ2n) is 9.82. The van der Waals surface area contributed by atoms with E-state index in [1.54, 1.807) is 6.33 Å². The van der Waals surface area contributed by atoms with Gasteiger partial charge in [0.25, 0.3) is 0 Å². The molecule has 5 aromatic carbocycles. The van der Waals surface area contributed by atoms with Crippen LogP contribution in [0.15, 0.2) is 146 Å². The van der Waals surface area contributed by atoms with Gasteiger partial charge in [0.1, 0.15) is 18.5 Å². The summed E-state index contributed by atoms with van der Waals surface area (Å²) in [5.41, 5.74) is 7.32. The summed E-state index contributed by atoms with van der Waals surface area (Å²) in [6.45, 7) is 2.55. The third kappa shape index (κ3) is 4.92. The van der Waals surface area contributed by atoms with Crippen molar-refractivity contribution in [3.63, 3.8) is 0 Å². The number of benzene rings is 5. The molecule has 6 aromatic rings. The first kappa shape index (κ1) is 25.3. The fourth-order valence-corrected chi connectivity index (χ4v) is 5.37. The minimum atomic E-state index is -0.720. The van der Waals surface area contributed by atoms with Crippen LogP contribution in [0, 0.1) is 0 Å². The summed E-state index contributed by atoms with van der Waals surface area (Å²) in [5.74, 6) is 0. The standard InChI is InChI=1S/C36H31N3O/c1-2-28-14-12-16-30(24-28)31-17-13-15-29(25-31)26-40-35-37-27-39(38-35)36(32-18-6-3-7-19-32,33-20-8-4-9-21-33)34-22-10-5-11-23-34/h3-25,27H,2,26H2,1H3. The van der Waals surface area contributed by atoms with Gasteiger partial charge in [0, 0.05) is 0 Å². The van der Waals surface area contributed by atoms with Crippen molar-refractivity contribution in [2.24, 2.45) is 0 Å². The summed E-state index contributed by atoms with van der Waals surface area (Å²) in [6, 6.07) is 48.8. The molecule has 0 amide bonds. The molecule has 0 aliphatic carbocycles. The first-order valence-corrected chi connectivity index (χ1v) is 13.7. The monoisotopic (exact) mass is 521 g/mol. The number of nitrogens with zero attached hydrogens (tertiary/aromatic N) is 3. The van der Waals surface area contributed by atoms with Crippen molar-refractivity contribution < 1.29 is 4.74 Å². The van der Waals surface area contributed by atoms with Crippen molar-refractivity contribution in [3.05, 3.63) is 174 Å². The van der Waals surface area contributed by atoms with Crippen LogP contribution >= 0.6 is 0 Å². The van der Waals surface area contributed by atoms with Crippen LogP contribution in [0.2, 0.25) is 0 Å². The Bertz CT molecular complexity index is 1580. The maximum Gasteiger partial charge on any atom is 0.335 e. The quantitative estimate of drug-likeness (QED) is 0.181. The van der Waals surface area contributed by atoms with Gasteiger partial charge in [0.2, 0.25) is 0 Å². The fourth-order valence-electron chi connectivity index (χ4n) is 5.37. The van der Waals surface area contributed by atoms with Crippen LogP contribution in [-0.4, -0.2) is 14.8 Å². The lowest BCUT2D eigenvalue weighted by atomic mass is 9.77. The summed E-state index contributed by atoms with van der Waals surface area (Å²) in [6.07, 6.45) is 2.79. The third-order valence-electron chi connectivity index (χ3n) is 7.35. The van der Waals surface area contributed by atoms with E-state index in [2.05, 4.69) is 133 Å². The Morgan fingerprint density at radius 3 is 1.62 bits per heavy atom. The largest absolute Gasteiger partial charge is 0.458 e. The zero-order valence-corrected chi connectivity index (χ0v) is 22.5. The normalized spacial score (nSPS) is 11.3. The summed E-state index contributed by atoms with van der Waals surface area (Å²) in [4.78, 5) is 4.61. The predicted molar refractivity (Wildman–Crippen MR) is 160 cm³/mol. The van der Waals surface area contributed by atoms with Gasteiger partial charge >= 0.3 is 6.01 Å². The Hall–Kier alpha value is -4.96. The highest BCUT2D eigenvalue weighted by Gasteiger charge is 2.39. The Morgan fingerprint density at radius 1 is 0.600 bits per heavy atom. The van der Waals surface area contributed by atoms with E-state index >= 15 is 0 Å². The molecule has 40 heavy (non-hydrogen) atoms. The van der Waals surface area contributed by atoms with Gasteiger partial charge in [0.05, 0.1) is 0 Å². The summed E-state index contributed by atoms with van der Waals surface area (Å²) < 4.78 is 8.09. The number of aryl methyl sites for hydroxylation is 1. The summed E-state index contributed by atoms with van der Waals surface area (Å²) in [5, 5.41) is 4.91. The van der Waals surface area contributed by atoms with Gasteiger partial charge < -0.3 is 4.74 Å². The Morgan fingerprint density at radius 2 is 1.10 bits per heavy atom. The molecule has 196 valence electrons. The van der Waals surface area contributed by atoms with Crippen LogP contribution in [0.3, 0.4) is 0 Å². The molecule has 1 heterocycles. The van der Waals surface area contributed by atoms with E-state index in [0.29, 0.717) is 12.6 Å². The van der Waals surface area contributed by atoms with Crippen LogP contribution in [0.1, 0.15) is 34.7 Å². The highest BCUT2D eigenvalue weighted by molar-refractivity contribution is 5.65. The topological polar surface area (TPSA) is 39.9 Å². The maximum absolute atomic E-state index is 6.17. The van der Waals surface area contributed by atoms with E-state index in [9.17, 15) is 0 Å². The molecule has 0 aliphatic rings. The smallest absolute Gasteiger partial charge is 0.335 e. The zero-order chi connectivity index (χ0) is 27.2. The molecule has 0 N–H and O–H groups in total. The molecular weight excluding hydrogens is 490 g/mol. The number of hydrogen-bond acceptors (Lipinski definition) is 3.